The zero-order chi connectivity index (χ0) is 15.8. The fraction of sp³-hybridized carbons (Fsp3) is 0.667. The molecule has 0 amide bonds. The minimum Gasteiger partial charge on any atom is -0.493 e. The Morgan fingerprint density at radius 3 is 2.87 bits per heavy atom. The van der Waals surface area contributed by atoms with Crippen molar-refractivity contribution in [1.29, 1.82) is 0 Å². The molecule has 0 saturated carbocycles. The van der Waals surface area contributed by atoms with Gasteiger partial charge >= 0.3 is 0 Å². The first-order valence-corrected chi connectivity index (χ1v) is 8.78. The highest BCUT2D eigenvalue weighted by molar-refractivity contribution is 5.51. The third kappa shape index (κ3) is 2.88. The second-order valence-corrected chi connectivity index (χ2v) is 6.82. The fourth-order valence-electron chi connectivity index (χ4n) is 4.07. The molecule has 0 aliphatic carbocycles. The van der Waals surface area contributed by atoms with Gasteiger partial charge in [-0.3, -0.25) is 9.80 Å². The molecule has 5 nitrogen and oxygen atoms in total. The van der Waals surface area contributed by atoms with Crippen molar-refractivity contribution in [2.24, 2.45) is 0 Å². The van der Waals surface area contributed by atoms with E-state index in [1.165, 1.54) is 31.5 Å². The number of rotatable bonds is 4. The Morgan fingerprint density at radius 1 is 1.22 bits per heavy atom. The molecule has 126 valence electrons. The smallest absolute Gasteiger partial charge is 0.231 e. The quantitative estimate of drug-likeness (QED) is 0.852. The van der Waals surface area contributed by atoms with Crippen LogP contribution in [0.5, 0.6) is 17.2 Å². The second-order valence-electron chi connectivity index (χ2n) is 6.82. The van der Waals surface area contributed by atoms with Crippen molar-refractivity contribution in [2.45, 2.75) is 45.3 Å². The summed E-state index contributed by atoms with van der Waals surface area (Å²) in [5.41, 5.74) is 1.20. The molecule has 23 heavy (non-hydrogen) atoms. The number of piperazine rings is 1. The molecule has 1 unspecified atom stereocenters. The molecule has 0 N–H and O–H groups in total. The van der Waals surface area contributed by atoms with Gasteiger partial charge in [0.2, 0.25) is 6.79 Å². The number of hydrogen-bond donors (Lipinski definition) is 0. The molecule has 4 rings (SSSR count). The summed E-state index contributed by atoms with van der Waals surface area (Å²) >= 11 is 0. The molecule has 3 aliphatic heterocycles. The van der Waals surface area contributed by atoms with Crippen molar-refractivity contribution in [3.05, 3.63) is 17.7 Å². The van der Waals surface area contributed by atoms with Gasteiger partial charge in [0.25, 0.3) is 0 Å². The molecule has 0 spiro atoms. The number of benzene rings is 1. The van der Waals surface area contributed by atoms with Gasteiger partial charge in [0.1, 0.15) is 5.75 Å². The lowest BCUT2D eigenvalue weighted by molar-refractivity contribution is 0.0534. The molecule has 5 heteroatoms. The van der Waals surface area contributed by atoms with Gasteiger partial charge in [-0.2, -0.15) is 0 Å². The predicted molar refractivity (Wildman–Crippen MR) is 88.2 cm³/mol. The van der Waals surface area contributed by atoms with Crippen LogP contribution in [-0.4, -0.2) is 54.9 Å². The van der Waals surface area contributed by atoms with Crippen LogP contribution in [0.4, 0.5) is 0 Å². The summed E-state index contributed by atoms with van der Waals surface area (Å²) in [5, 5.41) is 0. The standard InChI is InChI=1S/C18H26N2O3/c1-3-21-16-8-18-17(22-12-23-18)7-14(16)10-20-11-15-5-4-6-19(15)9-13(20)2/h7-8,13,15H,3-6,9-12H2,1-2H3/t13-,15?/m0/s1. The van der Waals surface area contributed by atoms with Gasteiger partial charge in [0.15, 0.2) is 11.5 Å². The molecule has 2 saturated heterocycles. The van der Waals surface area contributed by atoms with Gasteiger partial charge in [0, 0.05) is 43.3 Å². The van der Waals surface area contributed by atoms with Crippen LogP contribution in [0.3, 0.4) is 0 Å². The molecule has 2 fully saturated rings. The summed E-state index contributed by atoms with van der Waals surface area (Å²) in [6.45, 7) is 9.85. The first-order valence-electron chi connectivity index (χ1n) is 8.78. The van der Waals surface area contributed by atoms with Gasteiger partial charge in [0.05, 0.1) is 6.61 Å². The maximum absolute atomic E-state index is 5.85. The number of ether oxygens (including phenoxy) is 3. The van der Waals surface area contributed by atoms with Crippen molar-refractivity contribution in [1.82, 2.24) is 9.80 Å². The summed E-state index contributed by atoms with van der Waals surface area (Å²) < 4.78 is 16.9. The average Bonchev–Trinajstić information content (AvgIpc) is 3.16. The fourth-order valence-corrected chi connectivity index (χ4v) is 4.07. The van der Waals surface area contributed by atoms with Crippen molar-refractivity contribution in [3.63, 3.8) is 0 Å². The second kappa shape index (κ2) is 6.21. The zero-order valence-electron chi connectivity index (χ0n) is 14.1. The normalized spacial score (nSPS) is 27.2. The van der Waals surface area contributed by atoms with Crippen molar-refractivity contribution >= 4 is 0 Å². The van der Waals surface area contributed by atoms with Crippen LogP contribution in [-0.2, 0) is 6.54 Å². The average molecular weight is 318 g/mol. The van der Waals surface area contributed by atoms with Gasteiger partial charge in [-0.1, -0.05) is 0 Å². The van der Waals surface area contributed by atoms with E-state index < -0.39 is 0 Å². The maximum Gasteiger partial charge on any atom is 0.231 e. The SMILES string of the molecule is CCOc1cc2c(cc1CN1CC3CCCN3C[C@@H]1C)OCO2. The zero-order valence-corrected chi connectivity index (χ0v) is 14.1. The van der Waals surface area contributed by atoms with E-state index in [1.54, 1.807) is 0 Å². The summed E-state index contributed by atoms with van der Waals surface area (Å²) in [5.74, 6) is 2.57. The minimum atomic E-state index is 0.307. The van der Waals surface area contributed by atoms with Crippen LogP contribution in [0, 0.1) is 0 Å². The highest BCUT2D eigenvalue weighted by Gasteiger charge is 2.34. The van der Waals surface area contributed by atoms with E-state index in [4.69, 9.17) is 14.2 Å². The highest BCUT2D eigenvalue weighted by Crippen LogP contribution is 2.39. The highest BCUT2D eigenvalue weighted by atomic mass is 16.7. The Morgan fingerprint density at radius 2 is 2.04 bits per heavy atom. The van der Waals surface area contributed by atoms with Gasteiger partial charge in [-0.15, -0.1) is 0 Å². The number of nitrogens with zero attached hydrogens (tertiary/aromatic N) is 2. The number of fused-ring (bicyclic) bond motifs is 2. The van der Waals surface area contributed by atoms with E-state index in [9.17, 15) is 0 Å². The molecule has 0 bridgehead atoms. The van der Waals surface area contributed by atoms with Crippen LogP contribution in [0.15, 0.2) is 12.1 Å². The lowest BCUT2D eigenvalue weighted by Crippen LogP contribution is -2.54. The third-order valence-electron chi connectivity index (χ3n) is 5.30. The third-order valence-corrected chi connectivity index (χ3v) is 5.30. The lowest BCUT2D eigenvalue weighted by atomic mass is 10.1. The largest absolute Gasteiger partial charge is 0.493 e. The van der Waals surface area contributed by atoms with Crippen LogP contribution < -0.4 is 14.2 Å². The van der Waals surface area contributed by atoms with Crippen LogP contribution >= 0.6 is 0 Å². The van der Waals surface area contributed by atoms with Crippen molar-refractivity contribution < 1.29 is 14.2 Å². The van der Waals surface area contributed by atoms with E-state index in [1.807, 2.05) is 13.0 Å². The molecule has 2 atom stereocenters. The first kappa shape index (κ1) is 15.1. The van der Waals surface area contributed by atoms with E-state index in [-0.39, 0.29) is 0 Å². The molecular formula is C18H26N2O3. The molecule has 3 aliphatic rings. The predicted octanol–water partition coefficient (Wildman–Crippen LogP) is 2.48. The van der Waals surface area contributed by atoms with E-state index in [0.717, 1.165) is 36.4 Å². The van der Waals surface area contributed by atoms with Gasteiger partial charge < -0.3 is 14.2 Å². The van der Waals surface area contributed by atoms with Crippen molar-refractivity contribution in [2.75, 3.05) is 33.0 Å². The van der Waals surface area contributed by atoms with E-state index in [2.05, 4.69) is 22.8 Å². The van der Waals surface area contributed by atoms with Gasteiger partial charge in [-0.05, 0) is 39.3 Å². The molecule has 0 aromatic heterocycles. The number of hydrogen-bond acceptors (Lipinski definition) is 5. The van der Waals surface area contributed by atoms with Crippen molar-refractivity contribution in [3.8, 4) is 17.2 Å². The molecular weight excluding hydrogens is 292 g/mol. The van der Waals surface area contributed by atoms with Crippen LogP contribution in [0.2, 0.25) is 0 Å². The summed E-state index contributed by atoms with van der Waals surface area (Å²) in [6, 6.07) is 5.39. The summed E-state index contributed by atoms with van der Waals surface area (Å²) in [6.07, 6.45) is 2.68. The minimum absolute atomic E-state index is 0.307. The first-order chi connectivity index (χ1) is 11.2. The molecule has 1 aromatic rings. The Kier molecular flexibility index (Phi) is 4.07. The van der Waals surface area contributed by atoms with Crippen LogP contribution in [0.25, 0.3) is 0 Å². The Bertz CT molecular complexity index is 578. The lowest BCUT2D eigenvalue weighted by Gasteiger charge is -2.42. The molecule has 0 radical (unpaired) electrons. The maximum atomic E-state index is 5.85. The van der Waals surface area contributed by atoms with E-state index in [0.29, 0.717) is 19.4 Å². The molecule has 3 heterocycles. The topological polar surface area (TPSA) is 34.2 Å². The Balaban J connectivity index is 1.55. The van der Waals surface area contributed by atoms with Crippen LogP contribution in [0.1, 0.15) is 32.3 Å². The Labute approximate surface area is 138 Å². The Hall–Kier alpha value is -1.46. The van der Waals surface area contributed by atoms with E-state index >= 15 is 0 Å². The van der Waals surface area contributed by atoms with Gasteiger partial charge in [-0.25, -0.2) is 0 Å². The summed E-state index contributed by atoms with van der Waals surface area (Å²) in [4.78, 5) is 5.25. The molecule has 1 aromatic carbocycles. The monoisotopic (exact) mass is 318 g/mol. The summed E-state index contributed by atoms with van der Waals surface area (Å²) in [7, 11) is 0.